The molecule has 2 aromatic rings. The SMILES string of the molecule is CC[C@H](C)NC(=O)[C@H](CC)N(Cc1ccc(C)cc1)C(=O)CSCc1cccc(C)c1. The van der Waals surface area contributed by atoms with Crippen molar-refractivity contribution < 1.29 is 9.59 Å². The molecule has 0 fully saturated rings. The fourth-order valence-corrected chi connectivity index (χ4v) is 4.25. The van der Waals surface area contributed by atoms with E-state index < -0.39 is 6.04 Å². The summed E-state index contributed by atoms with van der Waals surface area (Å²) in [5.41, 5.74) is 4.65. The Morgan fingerprint density at radius 1 is 0.968 bits per heavy atom. The van der Waals surface area contributed by atoms with Crippen molar-refractivity contribution in [3.8, 4) is 0 Å². The summed E-state index contributed by atoms with van der Waals surface area (Å²) < 4.78 is 0. The minimum absolute atomic E-state index is 0.00406. The Balaban J connectivity index is 2.13. The molecule has 5 heteroatoms. The third kappa shape index (κ3) is 8.06. The number of carbonyl (C=O) groups is 2. The second-order valence-electron chi connectivity index (χ2n) is 8.23. The van der Waals surface area contributed by atoms with Gasteiger partial charge in [0.2, 0.25) is 11.8 Å². The van der Waals surface area contributed by atoms with Crippen LogP contribution >= 0.6 is 11.8 Å². The molecule has 0 saturated carbocycles. The van der Waals surface area contributed by atoms with Crippen LogP contribution in [0.3, 0.4) is 0 Å². The molecule has 168 valence electrons. The van der Waals surface area contributed by atoms with E-state index in [2.05, 4.69) is 30.4 Å². The van der Waals surface area contributed by atoms with Gasteiger partial charge in [-0.2, -0.15) is 0 Å². The summed E-state index contributed by atoms with van der Waals surface area (Å²) in [6.45, 7) is 10.6. The molecule has 0 aliphatic rings. The number of benzene rings is 2. The van der Waals surface area contributed by atoms with E-state index in [0.29, 0.717) is 18.7 Å². The van der Waals surface area contributed by atoms with Gasteiger partial charge in [-0.1, -0.05) is 73.5 Å². The maximum Gasteiger partial charge on any atom is 0.243 e. The molecule has 0 bridgehead atoms. The van der Waals surface area contributed by atoms with Crippen LogP contribution in [0.4, 0.5) is 0 Å². The van der Waals surface area contributed by atoms with Crippen LogP contribution in [0.15, 0.2) is 48.5 Å². The standard InChI is InChI=1S/C26H36N2O2S/c1-6-21(5)27-26(30)24(7-2)28(16-22-13-11-19(3)12-14-22)25(29)18-31-17-23-10-8-9-20(4)15-23/h8-15,21,24H,6-7,16-18H2,1-5H3,(H,27,30)/t21-,24-/m0/s1. The number of nitrogens with one attached hydrogen (secondary N) is 1. The summed E-state index contributed by atoms with van der Waals surface area (Å²) in [4.78, 5) is 28.0. The van der Waals surface area contributed by atoms with Gasteiger partial charge in [0.1, 0.15) is 6.04 Å². The number of hydrogen-bond donors (Lipinski definition) is 1. The largest absolute Gasteiger partial charge is 0.352 e. The van der Waals surface area contributed by atoms with Crippen molar-refractivity contribution in [2.45, 2.75) is 71.8 Å². The van der Waals surface area contributed by atoms with Gasteiger partial charge in [0.25, 0.3) is 0 Å². The number of aryl methyl sites for hydroxylation is 2. The molecule has 2 aromatic carbocycles. The highest BCUT2D eigenvalue weighted by molar-refractivity contribution is 7.99. The maximum atomic E-state index is 13.3. The van der Waals surface area contributed by atoms with E-state index in [0.717, 1.165) is 17.7 Å². The Hall–Kier alpha value is -2.27. The van der Waals surface area contributed by atoms with Crippen molar-refractivity contribution in [2.75, 3.05) is 5.75 Å². The topological polar surface area (TPSA) is 49.4 Å². The molecular weight excluding hydrogens is 404 g/mol. The van der Waals surface area contributed by atoms with E-state index in [1.165, 1.54) is 16.7 Å². The first-order valence-electron chi connectivity index (χ1n) is 11.1. The first kappa shape index (κ1) is 25.0. The lowest BCUT2D eigenvalue weighted by Crippen LogP contribution is -2.51. The second kappa shape index (κ2) is 12.6. The molecule has 0 saturated heterocycles. The van der Waals surface area contributed by atoms with Crippen LogP contribution in [0, 0.1) is 13.8 Å². The number of amides is 2. The molecule has 0 radical (unpaired) electrons. The van der Waals surface area contributed by atoms with Gasteiger partial charge < -0.3 is 10.2 Å². The molecule has 2 amide bonds. The molecule has 2 rings (SSSR count). The number of rotatable bonds is 11. The monoisotopic (exact) mass is 440 g/mol. The Bertz CT molecular complexity index is 851. The van der Waals surface area contributed by atoms with Gasteiger partial charge in [0, 0.05) is 18.3 Å². The Kier molecular flexibility index (Phi) is 10.1. The molecule has 0 heterocycles. The zero-order valence-corrected chi connectivity index (χ0v) is 20.3. The summed E-state index contributed by atoms with van der Waals surface area (Å²) in [6.07, 6.45) is 1.45. The van der Waals surface area contributed by atoms with Crippen molar-refractivity contribution in [3.63, 3.8) is 0 Å². The Morgan fingerprint density at radius 3 is 2.29 bits per heavy atom. The number of hydrogen-bond acceptors (Lipinski definition) is 3. The summed E-state index contributed by atoms with van der Waals surface area (Å²) in [5.74, 6) is 1.07. The van der Waals surface area contributed by atoms with Crippen molar-refractivity contribution in [1.82, 2.24) is 10.2 Å². The minimum Gasteiger partial charge on any atom is -0.352 e. The summed E-state index contributed by atoms with van der Waals surface area (Å²) in [6, 6.07) is 16.1. The van der Waals surface area contributed by atoms with Crippen LogP contribution in [-0.4, -0.2) is 34.6 Å². The Labute approximate surface area is 191 Å². The summed E-state index contributed by atoms with van der Waals surface area (Å²) >= 11 is 1.60. The second-order valence-corrected chi connectivity index (χ2v) is 9.22. The van der Waals surface area contributed by atoms with Crippen LogP contribution in [0.2, 0.25) is 0 Å². The van der Waals surface area contributed by atoms with Crippen LogP contribution < -0.4 is 5.32 Å². The summed E-state index contributed by atoms with van der Waals surface area (Å²) in [5, 5.41) is 3.06. The molecule has 0 aromatic heterocycles. The summed E-state index contributed by atoms with van der Waals surface area (Å²) in [7, 11) is 0. The van der Waals surface area contributed by atoms with Crippen LogP contribution in [0.1, 0.15) is 55.9 Å². The molecule has 0 aliphatic heterocycles. The lowest BCUT2D eigenvalue weighted by Gasteiger charge is -2.31. The predicted octanol–water partition coefficient (Wildman–Crippen LogP) is 5.26. The van der Waals surface area contributed by atoms with E-state index >= 15 is 0 Å². The molecular formula is C26H36N2O2S. The fourth-order valence-electron chi connectivity index (χ4n) is 3.39. The van der Waals surface area contributed by atoms with E-state index in [4.69, 9.17) is 0 Å². The van der Waals surface area contributed by atoms with Gasteiger partial charge in [-0.15, -0.1) is 11.8 Å². The Morgan fingerprint density at radius 2 is 1.68 bits per heavy atom. The quantitative estimate of drug-likeness (QED) is 0.519. The van der Waals surface area contributed by atoms with Gasteiger partial charge in [0.15, 0.2) is 0 Å². The number of carbonyl (C=O) groups excluding carboxylic acids is 2. The molecule has 1 N–H and O–H groups in total. The first-order valence-corrected chi connectivity index (χ1v) is 12.3. The predicted molar refractivity (Wildman–Crippen MR) is 131 cm³/mol. The van der Waals surface area contributed by atoms with Gasteiger partial charge in [-0.3, -0.25) is 9.59 Å². The van der Waals surface area contributed by atoms with E-state index in [1.54, 1.807) is 16.7 Å². The van der Waals surface area contributed by atoms with E-state index in [9.17, 15) is 9.59 Å². The smallest absolute Gasteiger partial charge is 0.243 e. The number of nitrogens with zero attached hydrogens (tertiary/aromatic N) is 1. The zero-order chi connectivity index (χ0) is 22.8. The fraction of sp³-hybridized carbons (Fsp3) is 0.462. The van der Waals surface area contributed by atoms with E-state index in [-0.39, 0.29) is 17.9 Å². The highest BCUT2D eigenvalue weighted by Crippen LogP contribution is 2.18. The molecule has 2 atom stereocenters. The van der Waals surface area contributed by atoms with Crippen molar-refractivity contribution in [3.05, 3.63) is 70.8 Å². The normalized spacial score (nSPS) is 12.8. The molecule has 4 nitrogen and oxygen atoms in total. The highest BCUT2D eigenvalue weighted by atomic mass is 32.2. The average Bonchev–Trinajstić information content (AvgIpc) is 2.74. The van der Waals surface area contributed by atoms with Crippen LogP contribution in [0.5, 0.6) is 0 Å². The van der Waals surface area contributed by atoms with E-state index in [1.807, 2.05) is 58.0 Å². The molecule has 0 unspecified atom stereocenters. The maximum absolute atomic E-state index is 13.3. The highest BCUT2D eigenvalue weighted by Gasteiger charge is 2.29. The van der Waals surface area contributed by atoms with Gasteiger partial charge in [0.05, 0.1) is 5.75 Å². The minimum atomic E-state index is -0.470. The third-order valence-electron chi connectivity index (χ3n) is 5.44. The van der Waals surface area contributed by atoms with Gasteiger partial charge >= 0.3 is 0 Å². The molecule has 0 spiro atoms. The third-order valence-corrected chi connectivity index (χ3v) is 6.43. The molecule has 0 aliphatic carbocycles. The molecule has 31 heavy (non-hydrogen) atoms. The lowest BCUT2D eigenvalue weighted by atomic mass is 10.1. The van der Waals surface area contributed by atoms with Crippen LogP contribution in [0.25, 0.3) is 0 Å². The van der Waals surface area contributed by atoms with Gasteiger partial charge in [-0.05, 0) is 44.7 Å². The van der Waals surface area contributed by atoms with Gasteiger partial charge in [-0.25, -0.2) is 0 Å². The first-order chi connectivity index (χ1) is 14.8. The van der Waals surface area contributed by atoms with Crippen molar-refractivity contribution in [1.29, 1.82) is 0 Å². The van der Waals surface area contributed by atoms with Crippen molar-refractivity contribution in [2.24, 2.45) is 0 Å². The number of thioether (sulfide) groups is 1. The average molecular weight is 441 g/mol. The lowest BCUT2D eigenvalue weighted by molar-refractivity contribution is -0.139. The van der Waals surface area contributed by atoms with Crippen molar-refractivity contribution >= 4 is 23.6 Å². The zero-order valence-electron chi connectivity index (χ0n) is 19.5. The van der Waals surface area contributed by atoms with Crippen LogP contribution in [-0.2, 0) is 21.9 Å².